The Morgan fingerprint density at radius 2 is 1.91 bits per heavy atom. The minimum Gasteiger partial charge on any atom is -0.296 e. The van der Waals surface area contributed by atoms with Gasteiger partial charge in [0.05, 0.1) is 0 Å². The van der Waals surface area contributed by atoms with Crippen molar-refractivity contribution in [2.24, 2.45) is 0 Å². The molecule has 7 heteroatoms. The standard InChI is InChI=1S/C16H13ClN4OS/c1-9-4-3-5-10(2)13(9)14(22)19-16-21-20-15(23-16)12-8-11(17)6-7-18-12/h3-8H,1-2H3,(H,19,21,22). The second-order valence-electron chi connectivity index (χ2n) is 4.99. The molecule has 2 aromatic heterocycles. The number of anilines is 1. The van der Waals surface area contributed by atoms with E-state index in [1.165, 1.54) is 11.3 Å². The molecule has 0 atom stereocenters. The van der Waals surface area contributed by atoms with Gasteiger partial charge >= 0.3 is 0 Å². The van der Waals surface area contributed by atoms with Crippen molar-refractivity contribution >= 4 is 34.0 Å². The number of benzene rings is 1. The topological polar surface area (TPSA) is 67.8 Å². The lowest BCUT2D eigenvalue weighted by Crippen LogP contribution is -2.14. The van der Waals surface area contributed by atoms with Crippen LogP contribution < -0.4 is 5.32 Å². The lowest BCUT2D eigenvalue weighted by molar-refractivity contribution is 0.102. The molecule has 3 aromatic rings. The highest BCUT2D eigenvalue weighted by Crippen LogP contribution is 2.27. The average Bonchev–Trinajstić information content (AvgIpc) is 2.95. The third-order valence-electron chi connectivity index (χ3n) is 3.29. The number of rotatable bonds is 3. The van der Waals surface area contributed by atoms with Crippen LogP contribution in [-0.4, -0.2) is 21.1 Å². The number of aromatic nitrogens is 3. The predicted molar refractivity (Wildman–Crippen MR) is 92.0 cm³/mol. The molecule has 0 bridgehead atoms. The Kier molecular flexibility index (Phi) is 4.36. The first-order chi connectivity index (χ1) is 11.0. The van der Waals surface area contributed by atoms with Gasteiger partial charge in [-0.2, -0.15) is 0 Å². The fourth-order valence-corrected chi connectivity index (χ4v) is 3.10. The molecule has 0 aliphatic carbocycles. The molecule has 0 saturated heterocycles. The van der Waals surface area contributed by atoms with Gasteiger partial charge in [0, 0.05) is 16.8 Å². The van der Waals surface area contributed by atoms with E-state index in [-0.39, 0.29) is 5.91 Å². The van der Waals surface area contributed by atoms with Gasteiger partial charge in [-0.25, -0.2) is 0 Å². The van der Waals surface area contributed by atoms with Crippen molar-refractivity contribution < 1.29 is 4.79 Å². The normalized spacial score (nSPS) is 10.6. The van der Waals surface area contributed by atoms with E-state index in [4.69, 9.17) is 11.6 Å². The van der Waals surface area contributed by atoms with E-state index in [0.29, 0.717) is 26.4 Å². The first-order valence-corrected chi connectivity index (χ1v) is 8.07. The van der Waals surface area contributed by atoms with E-state index >= 15 is 0 Å². The minimum atomic E-state index is -0.192. The zero-order valence-electron chi connectivity index (χ0n) is 12.5. The van der Waals surface area contributed by atoms with Crippen molar-refractivity contribution in [3.05, 3.63) is 58.2 Å². The van der Waals surface area contributed by atoms with Gasteiger partial charge < -0.3 is 0 Å². The quantitative estimate of drug-likeness (QED) is 0.776. The summed E-state index contributed by atoms with van der Waals surface area (Å²) in [5, 5.41) is 12.4. The first kappa shape index (κ1) is 15.6. The summed E-state index contributed by atoms with van der Waals surface area (Å²) in [6, 6.07) is 9.14. The SMILES string of the molecule is Cc1cccc(C)c1C(=O)Nc1nnc(-c2cc(Cl)ccn2)s1. The summed E-state index contributed by atoms with van der Waals surface area (Å²) < 4.78 is 0. The lowest BCUT2D eigenvalue weighted by Gasteiger charge is -2.08. The Balaban J connectivity index is 1.83. The molecule has 1 N–H and O–H groups in total. The van der Waals surface area contributed by atoms with Gasteiger partial charge in [0.15, 0.2) is 5.01 Å². The number of nitrogens with zero attached hydrogens (tertiary/aromatic N) is 3. The molecular weight excluding hydrogens is 332 g/mol. The van der Waals surface area contributed by atoms with Crippen LogP contribution in [0.3, 0.4) is 0 Å². The summed E-state index contributed by atoms with van der Waals surface area (Å²) in [5.41, 5.74) is 3.13. The van der Waals surface area contributed by atoms with Crippen LogP contribution in [-0.2, 0) is 0 Å². The van der Waals surface area contributed by atoms with E-state index < -0.39 is 0 Å². The first-order valence-electron chi connectivity index (χ1n) is 6.87. The summed E-state index contributed by atoms with van der Waals surface area (Å²) in [4.78, 5) is 16.6. The summed E-state index contributed by atoms with van der Waals surface area (Å²) >= 11 is 7.20. The fraction of sp³-hybridized carbons (Fsp3) is 0.125. The van der Waals surface area contributed by atoms with Gasteiger partial charge in [0.25, 0.3) is 5.91 Å². The monoisotopic (exact) mass is 344 g/mol. The lowest BCUT2D eigenvalue weighted by atomic mass is 10.0. The van der Waals surface area contributed by atoms with Gasteiger partial charge in [-0.05, 0) is 37.1 Å². The highest BCUT2D eigenvalue weighted by molar-refractivity contribution is 7.18. The zero-order valence-corrected chi connectivity index (χ0v) is 14.1. The maximum Gasteiger partial charge on any atom is 0.258 e. The molecule has 1 aromatic carbocycles. The van der Waals surface area contributed by atoms with Crippen molar-refractivity contribution in [3.8, 4) is 10.7 Å². The number of carbonyl (C=O) groups excluding carboxylic acids is 1. The van der Waals surface area contributed by atoms with E-state index in [0.717, 1.165) is 11.1 Å². The molecule has 0 fully saturated rings. The summed E-state index contributed by atoms with van der Waals surface area (Å²) in [6.07, 6.45) is 1.61. The molecule has 0 saturated carbocycles. The highest BCUT2D eigenvalue weighted by Gasteiger charge is 2.15. The average molecular weight is 345 g/mol. The number of amides is 1. The van der Waals surface area contributed by atoms with Crippen LogP contribution in [0.1, 0.15) is 21.5 Å². The number of pyridine rings is 1. The molecule has 3 rings (SSSR count). The molecule has 116 valence electrons. The summed E-state index contributed by atoms with van der Waals surface area (Å²) in [5.74, 6) is -0.192. The zero-order chi connectivity index (χ0) is 16.4. The molecule has 23 heavy (non-hydrogen) atoms. The molecule has 1 amide bonds. The summed E-state index contributed by atoms with van der Waals surface area (Å²) in [6.45, 7) is 3.81. The number of halogens is 1. The molecule has 5 nitrogen and oxygen atoms in total. The van der Waals surface area contributed by atoms with E-state index in [1.807, 2.05) is 32.0 Å². The van der Waals surface area contributed by atoms with E-state index in [9.17, 15) is 4.79 Å². The molecule has 2 heterocycles. The Morgan fingerprint density at radius 3 is 2.61 bits per heavy atom. The van der Waals surface area contributed by atoms with Crippen molar-refractivity contribution in [3.63, 3.8) is 0 Å². The van der Waals surface area contributed by atoms with Gasteiger partial charge in [-0.1, -0.05) is 41.1 Å². The minimum absolute atomic E-state index is 0.192. The number of carbonyl (C=O) groups is 1. The van der Waals surface area contributed by atoms with Gasteiger partial charge in [0.1, 0.15) is 5.69 Å². The third kappa shape index (κ3) is 3.38. The molecule has 0 spiro atoms. The smallest absolute Gasteiger partial charge is 0.258 e. The maximum atomic E-state index is 12.4. The van der Waals surface area contributed by atoms with Crippen LogP contribution in [0.25, 0.3) is 10.7 Å². The van der Waals surface area contributed by atoms with Crippen molar-refractivity contribution in [1.82, 2.24) is 15.2 Å². The van der Waals surface area contributed by atoms with E-state index in [1.54, 1.807) is 18.3 Å². The van der Waals surface area contributed by atoms with Crippen molar-refractivity contribution in [2.45, 2.75) is 13.8 Å². The van der Waals surface area contributed by atoms with Gasteiger partial charge in [-0.3, -0.25) is 15.1 Å². The van der Waals surface area contributed by atoms with Crippen LogP contribution >= 0.6 is 22.9 Å². The summed E-state index contributed by atoms with van der Waals surface area (Å²) in [7, 11) is 0. The van der Waals surface area contributed by atoms with Gasteiger partial charge in [-0.15, -0.1) is 10.2 Å². The highest BCUT2D eigenvalue weighted by atomic mass is 35.5. The van der Waals surface area contributed by atoms with Crippen LogP contribution in [0.5, 0.6) is 0 Å². The Labute approximate surface area is 142 Å². The fourth-order valence-electron chi connectivity index (χ4n) is 2.23. The second kappa shape index (κ2) is 6.44. The van der Waals surface area contributed by atoms with Crippen molar-refractivity contribution in [1.29, 1.82) is 0 Å². The Bertz CT molecular complexity index is 858. The molecule has 0 unspecified atom stereocenters. The third-order valence-corrected chi connectivity index (χ3v) is 4.39. The molecule has 0 aliphatic heterocycles. The number of aryl methyl sites for hydroxylation is 2. The largest absolute Gasteiger partial charge is 0.296 e. The van der Waals surface area contributed by atoms with Crippen molar-refractivity contribution in [2.75, 3.05) is 5.32 Å². The molecular formula is C16H13ClN4OS. The maximum absolute atomic E-state index is 12.4. The number of nitrogens with one attached hydrogen (secondary N) is 1. The Hall–Kier alpha value is -2.31. The Morgan fingerprint density at radius 1 is 1.17 bits per heavy atom. The number of hydrogen-bond donors (Lipinski definition) is 1. The predicted octanol–water partition coefficient (Wildman–Crippen LogP) is 4.12. The second-order valence-corrected chi connectivity index (χ2v) is 6.41. The van der Waals surface area contributed by atoms with Crippen LogP contribution in [0.4, 0.5) is 5.13 Å². The van der Waals surface area contributed by atoms with Crippen LogP contribution in [0, 0.1) is 13.8 Å². The molecule has 0 aliphatic rings. The van der Waals surface area contributed by atoms with Crippen LogP contribution in [0.2, 0.25) is 5.02 Å². The van der Waals surface area contributed by atoms with Crippen LogP contribution in [0.15, 0.2) is 36.5 Å². The number of hydrogen-bond acceptors (Lipinski definition) is 5. The van der Waals surface area contributed by atoms with Gasteiger partial charge in [0.2, 0.25) is 5.13 Å². The van der Waals surface area contributed by atoms with E-state index in [2.05, 4.69) is 20.5 Å². The molecule has 0 radical (unpaired) electrons.